The Kier molecular flexibility index (Phi) is 6.08. The Balaban J connectivity index is 1.89. The highest BCUT2D eigenvalue weighted by molar-refractivity contribution is 4.97. The topological polar surface area (TPSA) is 29.9 Å². The molecule has 114 valence electrons. The van der Waals surface area contributed by atoms with E-state index < -0.39 is 0 Å². The molecular formula is C17H31N3. The Morgan fingerprint density at radius 3 is 2.65 bits per heavy atom. The van der Waals surface area contributed by atoms with Crippen molar-refractivity contribution in [2.24, 2.45) is 11.8 Å². The normalized spacial score (nSPS) is 24.8. The summed E-state index contributed by atoms with van der Waals surface area (Å²) in [7, 11) is 2.11. The average molecular weight is 277 g/mol. The molecule has 0 saturated heterocycles. The van der Waals surface area contributed by atoms with E-state index >= 15 is 0 Å². The SMILES string of the molecule is CCCC1CCC(C(Cc2nccn2CC)NC)CC1. The van der Waals surface area contributed by atoms with Crippen molar-refractivity contribution in [3.8, 4) is 0 Å². The Morgan fingerprint density at radius 1 is 1.30 bits per heavy atom. The summed E-state index contributed by atoms with van der Waals surface area (Å²) >= 11 is 0. The third kappa shape index (κ3) is 3.85. The van der Waals surface area contributed by atoms with Crippen LogP contribution in [0.1, 0.15) is 58.2 Å². The van der Waals surface area contributed by atoms with Gasteiger partial charge in [0.1, 0.15) is 5.82 Å². The standard InChI is InChI=1S/C17H31N3/c1-4-6-14-7-9-15(10-8-14)16(18-3)13-17-19-11-12-20(17)5-2/h11-12,14-16,18H,4-10,13H2,1-3H3. The molecule has 0 amide bonds. The number of hydrogen-bond donors (Lipinski definition) is 1. The van der Waals surface area contributed by atoms with Crippen LogP contribution in [0, 0.1) is 11.8 Å². The number of nitrogens with zero attached hydrogens (tertiary/aromatic N) is 2. The zero-order valence-electron chi connectivity index (χ0n) is 13.4. The minimum Gasteiger partial charge on any atom is -0.335 e. The maximum atomic E-state index is 4.54. The van der Waals surface area contributed by atoms with Crippen molar-refractivity contribution >= 4 is 0 Å². The van der Waals surface area contributed by atoms with E-state index in [1.165, 1.54) is 44.3 Å². The molecule has 1 N–H and O–H groups in total. The van der Waals surface area contributed by atoms with Gasteiger partial charge >= 0.3 is 0 Å². The summed E-state index contributed by atoms with van der Waals surface area (Å²) < 4.78 is 2.27. The van der Waals surface area contributed by atoms with E-state index in [9.17, 15) is 0 Å². The molecule has 1 aliphatic carbocycles. The highest BCUT2D eigenvalue weighted by atomic mass is 15.1. The highest BCUT2D eigenvalue weighted by Gasteiger charge is 2.27. The first-order chi connectivity index (χ1) is 9.78. The molecule has 1 unspecified atom stereocenters. The van der Waals surface area contributed by atoms with Gasteiger partial charge in [-0.1, -0.05) is 32.6 Å². The number of likely N-dealkylation sites (N-methyl/N-ethyl adjacent to an activating group) is 1. The van der Waals surface area contributed by atoms with E-state index in [4.69, 9.17) is 0 Å². The first-order valence-corrected chi connectivity index (χ1v) is 8.45. The molecule has 0 aromatic carbocycles. The Labute approximate surface area is 124 Å². The molecule has 0 spiro atoms. The first kappa shape index (κ1) is 15.6. The van der Waals surface area contributed by atoms with Crippen molar-refractivity contribution in [3.63, 3.8) is 0 Å². The summed E-state index contributed by atoms with van der Waals surface area (Å²) in [4.78, 5) is 4.54. The van der Waals surface area contributed by atoms with Crippen LogP contribution in [-0.4, -0.2) is 22.6 Å². The van der Waals surface area contributed by atoms with Gasteiger partial charge in [-0.25, -0.2) is 4.98 Å². The predicted octanol–water partition coefficient (Wildman–Crippen LogP) is 3.64. The van der Waals surface area contributed by atoms with Crippen molar-refractivity contribution in [2.45, 2.75) is 71.4 Å². The molecule has 1 heterocycles. The molecule has 1 aromatic heterocycles. The Bertz CT molecular complexity index is 377. The molecule has 1 atom stereocenters. The van der Waals surface area contributed by atoms with Crippen LogP contribution in [0.15, 0.2) is 12.4 Å². The molecule has 3 heteroatoms. The zero-order valence-corrected chi connectivity index (χ0v) is 13.4. The molecule has 0 radical (unpaired) electrons. The van der Waals surface area contributed by atoms with Gasteiger partial charge in [-0.05, 0) is 38.6 Å². The summed E-state index contributed by atoms with van der Waals surface area (Å²) in [6.07, 6.45) is 13.5. The molecule has 3 nitrogen and oxygen atoms in total. The molecule has 1 aromatic rings. The lowest BCUT2D eigenvalue weighted by Crippen LogP contribution is -2.38. The molecule has 20 heavy (non-hydrogen) atoms. The highest BCUT2D eigenvalue weighted by Crippen LogP contribution is 2.33. The van der Waals surface area contributed by atoms with Gasteiger partial charge in [0.25, 0.3) is 0 Å². The van der Waals surface area contributed by atoms with Gasteiger partial charge in [0, 0.05) is 31.4 Å². The molecule has 2 rings (SSSR count). The van der Waals surface area contributed by atoms with Gasteiger partial charge in [-0.3, -0.25) is 0 Å². The minimum absolute atomic E-state index is 0.588. The van der Waals surface area contributed by atoms with E-state index in [-0.39, 0.29) is 0 Å². The third-order valence-corrected chi connectivity index (χ3v) is 5.07. The number of hydrogen-bond acceptors (Lipinski definition) is 2. The molecular weight excluding hydrogens is 246 g/mol. The van der Waals surface area contributed by atoms with Gasteiger partial charge in [0.05, 0.1) is 0 Å². The van der Waals surface area contributed by atoms with Gasteiger partial charge in [0.15, 0.2) is 0 Å². The van der Waals surface area contributed by atoms with Crippen molar-refractivity contribution < 1.29 is 0 Å². The number of aryl methyl sites for hydroxylation is 1. The second kappa shape index (κ2) is 7.82. The van der Waals surface area contributed by atoms with E-state index in [0.717, 1.165) is 24.8 Å². The van der Waals surface area contributed by atoms with E-state index in [2.05, 4.69) is 42.0 Å². The fourth-order valence-electron chi connectivity index (χ4n) is 3.81. The zero-order chi connectivity index (χ0) is 14.4. The predicted molar refractivity (Wildman–Crippen MR) is 84.8 cm³/mol. The number of rotatable bonds is 7. The van der Waals surface area contributed by atoms with Crippen molar-refractivity contribution in [1.29, 1.82) is 0 Å². The van der Waals surface area contributed by atoms with Crippen molar-refractivity contribution in [2.75, 3.05) is 7.05 Å². The maximum Gasteiger partial charge on any atom is 0.110 e. The number of aromatic nitrogens is 2. The fraction of sp³-hybridized carbons (Fsp3) is 0.824. The van der Waals surface area contributed by atoms with Crippen LogP contribution in [0.25, 0.3) is 0 Å². The van der Waals surface area contributed by atoms with Gasteiger partial charge in [0.2, 0.25) is 0 Å². The smallest absolute Gasteiger partial charge is 0.110 e. The Hall–Kier alpha value is -0.830. The Morgan fingerprint density at radius 2 is 2.05 bits per heavy atom. The monoisotopic (exact) mass is 277 g/mol. The van der Waals surface area contributed by atoms with Crippen LogP contribution in [-0.2, 0) is 13.0 Å². The van der Waals surface area contributed by atoms with Gasteiger partial charge in [-0.2, -0.15) is 0 Å². The summed E-state index contributed by atoms with van der Waals surface area (Å²) in [6.45, 7) is 5.53. The third-order valence-electron chi connectivity index (χ3n) is 5.07. The molecule has 0 aliphatic heterocycles. The first-order valence-electron chi connectivity index (χ1n) is 8.45. The summed E-state index contributed by atoms with van der Waals surface area (Å²) in [6, 6.07) is 0.588. The average Bonchev–Trinajstić information content (AvgIpc) is 2.93. The minimum atomic E-state index is 0.588. The largest absolute Gasteiger partial charge is 0.335 e. The lowest BCUT2D eigenvalue weighted by molar-refractivity contribution is 0.215. The van der Waals surface area contributed by atoms with Gasteiger partial charge < -0.3 is 9.88 Å². The lowest BCUT2D eigenvalue weighted by Gasteiger charge is -2.33. The molecule has 1 fully saturated rings. The van der Waals surface area contributed by atoms with Crippen LogP contribution < -0.4 is 5.32 Å². The maximum absolute atomic E-state index is 4.54. The second-order valence-electron chi connectivity index (χ2n) is 6.30. The van der Waals surface area contributed by atoms with Gasteiger partial charge in [-0.15, -0.1) is 0 Å². The fourth-order valence-corrected chi connectivity index (χ4v) is 3.81. The summed E-state index contributed by atoms with van der Waals surface area (Å²) in [5.41, 5.74) is 0. The molecule has 0 bridgehead atoms. The molecule has 1 aliphatic rings. The van der Waals surface area contributed by atoms with Crippen LogP contribution in [0.5, 0.6) is 0 Å². The van der Waals surface area contributed by atoms with E-state index in [1.54, 1.807) is 0 Å². The quantitative estimate of drug-likeness (QED) is 0.824. The van der Waals surface area contributed by atoms with Crippen LogP contribution in [0.3, 0.4) is 0 Å². The molecule has 1 saturated carbocycles. The van der Waals surface area contributed by atoms with E-state index in [1.807, 2.05) is 6.20 Å². The number of imidazole rings is 1. The summed E-state index contributed by atoms with van der Waals surface area (Å²) in [5.74, 6) is 3.06. The lowest BCUT2D eigenvalue weighted by atomic mass is 9.76. The van der Waals surface area contributed by atoms with Crippen LogP contribution in [0.4, 0.5) is 0 Å². The van der Waals surface area contributed by atoms with Crippen molar-refractivity contribution in [1.82, 2.24) is 14.9 Å². The van der Waals surface area contributed by atoms with Crippen LogP contribution >= 0.6 is 0 Å². The van der Waals surface area contributed by atoms with Crippen LogP contribution in [0.2, 0.25) is 0 Å². The van der Waals surface area contributed by atoms with E-state index in [0.29, 0.717) is 6.04 Å². The number of nitrogens with one attached hydrogen (secondary N) is 1. The second-order valence-corrected chi connectivity index (χ2v) is 6.30. The van der Waals surface area contributed by atoms with Crippen molar-refractivity contribution in [3.05, 3.63) is 18.2 Å². The summed E-state index contributed by atoms with van der Waals surface area (Å²) in [5, 5.41) is 3.55.